The van der Waals surface area contributed by atoms with Crippen LogP contribution in [0.2, 0.25) is 10.0 Å². The Balaban J connectivity index is 0.000000253. The zero-order valence-corrected chi connectivity index (χ0v) is 21.7. The molecular weight excluding hydrogens is 506 g/mol. The van der Waals surface area contributed by atoms with Crippen LogP contribution in [0.3, 0.4) is 0 Å². The van der Waals surface area contributed by atoms with Gasteiger partial charge in [-0.3, -0.25) is 9.59 Å². The van der Waals surface area contributed by atoms with E-state index in [9.17, 15) is 14.0 Å². The second kappa shape index (κ2) is 12.6. The largest absolute Gasteiger partial charge is 0.486 e. The fourth-order valence-electron chi connectivity index (χ4n) is 3.79. The number of aldehydes is 1. The number of carbonyl (C=O) groups is 2. The van der Waals surface area contributed by atoms with Crippen LogP contribution in [0.15, 0.2) is 59.8 Å². The molecule has 36 heavy (non-hydrogen) atoms. The first-order valence-corrected chi connectivity index (χ1v) is 12.0. The highest BCUT2D eigenvalue weighted by Crippen LogP contribution is 2.24. The summed E-state index contributed by atoms with van der Waals surface area (Å²) in [6.07, 6.45) is 2.30. The molecule has 0 fully saturated rings. The van der Waals surface area contributed by atoms with E-state index < -0.39 is 5.82 Å². The zero-order chi connectivity index (χ0) is 26.2. The highest BCUT2D eigenvalue weighted by atomic mass is 35.5. The van der Waals surface area contributed by atoms with Crippen LogP contribution in [-0.2, 0) is 4.79 Å². The molecule has 1 heterocycles. The first-order chi connectivity index (χ1) is 17.2. The molecule has 7 nitrogen and oxygen atoms in total. The van der Waals surface area contributed by atoms with Gasteiger partial charge in [-0.15, -0.1) is 0 Å². The van der Waals surface area contributed by atoms with Gasteiger partial charge in [0.25, 0.3) is 5.91 Å². The SMILES string of the molecule is CNC1=C(C)CC(NC(=O)c2cc(C)n(-c3ccc(Cl)cc3)n2)C1.O=CCOc1ccc(Cl)c(F)c1. The number of hydrogen-bond acceptors (Lipinski definition) is 5. The summed E-state index contributed by atoms with van der Waals surface area (Å²) in [5, 5.41) is 11.4. The van der Waals surface area contributed by atoms with Gasteiger partial charge in [0.2, 0.25) is 0 Å². The molecule has 1 amide bonds. The van der Waals surface area contributed by atoms with E-state index in [0.717, 1.165) is 30.3 Å². The van der Waals surface area contributed by atoms with Gasteiger partial charge < -0.3 is 15.4 Å². The number of hydrogen-bond donors (Lipinski definition) is 2. The molecule has 10 heteroatoms. The molecule has 1 atom stereocenters. The number of aromatic nitrogens is 2. The van der Waals surface area contributed by atoms with E-state index in [1.54, 1.807) is 10.7 Å². The van der Waals surface area contributed by atoms with Gasteiger partial charge in [0.1, 0.15) is 18.2 Å². The quantitative estimate of drug-likeness (QED) is 0.404. The minimum atomic E-state index is -0.555. The Kier molecular flexibility index (Phi) is 9.50. The Labute approximate surface area is 219 Å². The summed E-state index contributed by atoms with van der Waals surface area (Å²) in [5.74, 6) is -0.398. The van der Waals surface area contributed by atoms with Crippen molar-refractivity contribution >= 4 is 35.4 Å². The van der Waals surface area contributed by atoms with Crippen molar-refractivity contribution in [1.82, 2.24) is 20.4 Å². The Morgan fingerprint density at radius 1 is 1.17 bits per heavy atom. The smallest absolute Gasteiger partial charge is 0.272 e. The number of halogens is 3. The standard InChI is InChI=1S/C18H21ClN4O.C8H6ClFO2/c1-11-8-14(10-16(11)20-3)21-18(24)17-9-12(2)23(22-17)15-6-4-13(19)5-7-15;9-7-2-1-6(5-8(7)10)12-4-3-11/h4-7,9,14,20H,8,10H2,1-3H3,(H,21,24);1-3,5H,4H2. The predicted octanol–water partition coefficient (Wildman–Crippen LogP) is 5.28. The summed E-state index contributed by atoms with van der Waals surface area (Å²) in [4.78, 5) is 22.4. The molecule has 3 aromatic rings. The zero-order valence-electron chi connectivity index (χ0n) is 20.1. The second-order valence-electron chi connectivity index (χ2n) is 8.20. The van der Waals surface area contributed by atoms with Crippen LogP contribution in [0.25, 0.3) is 5.69 Å². The monoisotopic (exact) mass is 532 g/mol. The molecule has 190 valence electrons. The number of ether oxygens (including phenoxy) is 1. The van der Waals surface area contributed by atoms with E-state index in [1.165, 1.54) is 23.4 Å². The lowest BCUT2D eigenvalue weighted by Gasteiger charge is -2.11. The summed E-state index contributed by atoms with van der Waals surface area (Å²) in [7, 11) is 1.92. The predicted molar refractivity (Wildman–Crippen MR) is 139 cm³/mol. The molecule has 4 rings (SSSR count). The maximum atomic E-state index is 12.7. The van der Waals surface area contributed by atoms with E-state index >= 15 is 0 Å². The molecule has 1 unspecified atom stereocenters. The van der Waals surface area contributed by atoms with Gasteiger partial charge in [0.15, 0.2) is 12.0 Å². The summed E-state index contributed by atoms with van der Waals surface area (Å²) in [6.45, 7) is 3.94. The van der Waals surface area contributed by atoms with Crippen molar-refractivity contribution in [2.24, 2.45) is 0 Å². The van der Waals surface area contributed by atoms with Gasteiger partial charge >= 0.3 is 0 Å². The molecular formula is C26H27Cl2FN4O3. The lowest BCUT2D eigenvalue weighted by atomic mass is 10.2. The third kappa shape index (κ3) is 7.08. The van der Waals surface area contributed by atoms with Crippen LogP contribution in [0.4, 0.5) is 4.39 Å². The lowest BCUT2D eigenvalue weighted by molar-refractivity contribution is -0.109. The van der Waals surface area contributed by atoms with Crippen LogP contribution in [0, 0.1) is 12.7 Å². The molecule has 0 saturated heterocycles. The summed E-state index contributed by atoms with van der Waals surface area (Å²) >= 11 is 11.3. The fourth-order valence-corrected chi connectivity index (χ4v) is 4.03. The number of nitrogens with zero attached hydrogens (tertiary/aromatic N) is 2. The molecule has 1 aromatic heterocycles. The molecule has 0 aliphatic heterocycles. The normalized spacial score (nSPS) is 14.7. The molecule has 0 spiro atoms. The van der Waals surface area contributed by atoms with E-state index in [4.69, 9.17) is 27.9 Å². The average molecular weight is 533 g/mol. The van der Waals surface area contributed by atoms with Crippen molar-refractivity contribution in [2.75, 3.05) is 13.7 Å². The number of aryl methyl sites for hydroxylation is 1. The van der Waals surface area contributed by atoms with Crippen molar-refractivity contribution in [3.8, 4) is 11.4 Å². The summed E-state index contributed by atoms with van der Waals surface area (Å²) < 4.78 is 19.3. The highest BCUT2D eigenvalue weighted by molar-refractivity contribution is 6.31. The van der Waals surface area contributed by atoms with Gasteiger partial charge in [0.05, 0.1) is 10.7 Å². The molecule has 2 N–H and O–H groups in total. The number of rotatable bonds is 7. The van der Waals surface area contributed by atoms with Gasteiger partial charge in [-0.2, -0.15) is 5.10 Å². The maximum absolute atomic E-state index is 12.7. The Bertz CT molecular complexity index is 1260. The average Bonchev–Trinajstić information content (AvgIpc) is 3.42. The van der Waals surface area contributed by atoms with Crippen LogP contribution in [0.1, 0.15) is 35.9 Å². The van der Waals surface area contributed by atoms with Gasteiger partial charge in [0, 0.05) is 42.0 Å². The van der Waals surface area contributed by atoms with Crippen molar-refractivity contribution < 1.29 is 18.7 Å². The molecule has 0 saturated carbocycles. The number of amides is 1. The Morgan fingerprint density at radius 3 is 2.50 bits per heavy atom. The van der Waals surface area contributed by atoms with Crippen molar-refractivity contribution in [3.05, 3.63) is 87.1 Å². The minimum Gasteiger partial charge on any atom is -0.486 e. The van der Waals surface area contributed by atoms with E-state index in [-0.39, 0.29) is 23.6 Å². The van der Waals surface area contributed by atoms with Crippen molar-refractivity contribution in [3.63, 3.8) is 0 Å². The van der Waals surface area contributed by atoms with E-state index in [1.807, 2.05) is 38.2 Å². The van der Waals surface area contributed by atoms with E-state index in [0.29, 0.717) is 22.8 Å². The molecule has 2 aromatic carbocycles. The van der Waals surface area contributed by atoms with Gasteiger partial charge in [-0.05, 0) is 62.7 Å². The fraction of sp³-hybridized carbons (Fsp3) is 0.269. The first kappa shape index (κ1) is 27.2. The number of nitrogens with one attached hydrogen (secondary N) is 2. The van der Waals surface area contributed by atoms with Crippen LogP contribution < -0.4 is 15.4 Å². The first-order valence-electron chi connectivity index (χ1n) is 11.2. The maximum Gasteiger partial charge on any atom is 0.272 e. The number of carbonyl (C=O) groups excluding carboxylic acids is 2. The highest BCUT2D eigenvalue weighted by Gasteiger charge is 2.24. The molecule has 0 bridgehead atoms. The van der Waals surface area contributed by atoms with Gasteiger partial charge in [-0.1, -0.05) is 28.8 Å². The topological polar surface area (TPSA) is 85.2 Å². The number of benzene rings is 2. The third-order valence-corrected chi connectivity index (χ3v) is 6.11. The lowest BCUT2D eigenvalue weighted by Crippen LogP contribution is -2.34. The Morgan fingerprint density at radius 2 is 1.89 bits per heavy atom. The molecule has 1 aliphatic carbocycles. The summed E-state index contributed by atoms with van der Waals surface area (Å²) in [5.41, 5.74) is 4.72. The Hall–Kier alpha value is -3.36. The minimum absolute atomic E-state index is 0.0356. The second-order valence-corrected chi connectivity index (χ2v) is 9.04. The van der Waals surface area contributed by atoms with Crippen LogP contribution in [-0.4, -0.2) is 41.7 Å². The van der Waals surface area contributed by atoms with Crippen LogP contribution in [0.5, 0.6) is 5.75 Å². The summed E-state index contributed by atoms with van der Waals surface area (Å²) in [6, 6.07) is 13.3. The molecule has 0 radical (unpaired) electrons. The van der Waals surface area contributed by atoms with Crippen LogP contribution >= 0.6 is 23.2 Å². The van der Waals surface area contributed by atoms with Crippen molar-refractivity contribution in [2.45, 2.75) is 32.7 Å². The van der Waals surface area contributed by atoms with Gasteiger partial charge in [-0.25, -0.2) is 9.07 Å². The molecule has 1 aliphatic rings. The van der Waals surface area contributed by atoms with Crippen molar-refractivity contribution in [1.29, 1.82) is 0 Å². The third-order valence-electron chi connectivity index (χ3n) is 5.56. The van der Waals surface area contributed by atoms with E-state index in [2.05, 4.69) is 22.7 Å².